The highest BCUT2D eigenvalue weighted by atomic mass is 79.9. The van der Waals surface area contributed by atoms with Gasteiger partial charge in [0.1, 0.15) is 16.0 Å². The van der Waals surface area contributed by atoms with E-state index in [9.17, 15) is 4.79 Å². The third kappa shape index (κ3) is 4.82. The molecular formula is C18H23BrN4O2S. The second-order valence-electron chi connectivity index (χ2n) is 6.03. The summed E-state index contributed by atoms with van der Waals surface area (Å²) in [7, 11) is 1.75. The van der Waals surface area contributed by atoms with Gasteiger partial charge in [-0.2, -0.15) is 0 Å². The molecule has 6 nitrogen and oxygen atoms in total. The molecule has 2 rings (SSSR count). The molecule has 0 aliphatic heterocycles. The number of H-pyrrole nitrogens is 1. The number of hydrogen-bond donors (Lipinski definition) is 3. The van der Waals surface area contributed by atoms with E-state index in [0.717, 1.165) is 12.1 Å². The highest BCUT2D eigenvalue weighted by molar-refractivity contribution is 9.10. The molecule has 0 unspecified atom stereocenters. The van der Waals surface area contributed by atoms with Gasteiger partial charge in [-0.1, -0.05) is 20.8 Å². The maximum Gasteiger partial charge on any atom is 0.265 e. The summed E-state index contributed by atoms with van der Waals surface area (Å²) in [6.07, 6.45) is 0.880. The summed E-state index contributed by atoms with van der Waals surface area (Å²) in [5.74, 6) is 1.23. The van der Waals surface area contributed by atoms with Crippen LogP contribution in [0.4, 0.5) is 5.69 Å². The summed E-state index contributed by atoms with van der Waals surface area (Å²) in [6, 6.07) is 5.59. The first kappa shape index (κ1) is 20.4. The lowest BCUT2D eigenvalue weighted by molar-refractivity contribution is 0.318. The molecule has 140 valence electrons. The van der Waals surface area contributed by atoms with Crippen molar-refractivity contribution in [1.82, 2.24) is 15.3 Å². The average Bonchev–Trinajstić information content (AvgIpc) is 2.62. The molecule has 0 fully saturated rings. The van der Waals surface area contributed by atoms with E-state index in [2.05, 4.69) is 36.5 Å². The summed E-state index contributed by atoms with van der Waals surface area (Å²) in [5, 5.41) is 6.45. The third-order valence-electron chi connectivity index (χ3n) is 3.62. The molecule has 0 atom stereocenters. The van der Waals surface area contributed by atoms with Crippen LogP contribution < -0.4 is 20.9 Å². The lowest BCUT2D eigenvalue weighted by Crippen LogP contribution is -2.24. The Bertz CT molecular complexity index is 852. The molecule has 3 N–H and O–H groups in total. The largest absolute Gasteiger partial charge is 0.493 e. The molecule has 1 heterocycles. The van der Waals surface area contributed by atoms with E-state index in [-0.39, 0.29) is 11.5 Å². The lowest BCUT2D eigenvalue weighted by atomic mass is 10.1. The van der Waals surface area contributed by atoms with Crippen molar-refractivity contribution in [2.24, 2.45) is 0 Å². The summed E-state index contributed by atoms with van der Waals surface area (Å²) in [4.78, 5) is 19.8. The number of anilines is 1. The zero-order valence-corrected chi connectivity index (χ0v) is 17.7. The maximum absolute atomic E-state index is 12.3. The van der Waals surface area contributed by atoms with Crippen LogP contribution in [0, 0.1) is 0 Å². The molecule has 0 spiro atoms. The number of hydrogen-bond acceptors (Lipinski definition) is 4. The molecule has 0 saturated heterocycles. The Labute approximate surface area is 166 Å². The van der Waals surface area contributed by atoms with E-state index in [4.69, 9.17) is 17.0 Å². The molecular weight excluding hydrogens is 416 g/mol. The van der Waals surface area contributed by atoms with Crippen LogP contribution in [0.15, 0.2) is 27.5 Å². The van der Waals surface area contributed by atoms with Gasteiger partial charge in [-0.3, -0.25) is 4.79 Å². The molecule has 26 heavy (non-hydrogen) atoms. The number of rotatable bonds is 6. The topological polar surface area (TPSA) is 79.0 Å². The second kappa shape index (κ2) is 9.14. The minimum absolute atomic E-state index is 0.101. The molecule has 0 saturated carbocycles. The van der Waals surface area contributed by atoms with Crippen molar-refractivity contribution in [2.45, 2.75) is 33.1 Å². The van der Waals surface area contributed by atoms with Crippen LogP contribution in [-0.2, 0) is 0 Å². The van der Waals surface area contributed by atoms with Crippen LogP contribution in [-0.4, -0.2) is 28.7 Å². The number of nitrogens with one attached hydrogen (secondary N) is 3. The van der Waals surface area contributed by atoms with E-state index in [0.29, 0.717) is 39.0 Å². The number of aromatic amines is 1. The summed E-state index contributed by atoms with van der Waals surface area (Å²) < 4.78 is 6.30. The number of thiocarbonyl (C=S) groups is 1. The van der Waals surface area contributed by atoms with Crippen LogP contribution in [0.1, 0.15) is 38.8 Å². The van der Waals surface area contributed by atoms with Crippen molar-refractivity contribution < 1.29 is 4.74 Å². The van der Waals surface area contributed by atoms with Gasteiger partial charge in [0.15, 0.2) is 5.11 Å². The van der Waals surface area contributed by atoms with Gasteiger partial charge in [0.25, 0.3) is 5.56 Å². The average molecular weight is 439 g/mol. The minimum atomic E-state index is -0.218. The van der Waals surface area contributed by atoms with Crippen molar-refractivity contribution in [3.63, 3.8) is 0 Å². The van der Waals surface area contributed by atoms with Crippen LogP contribution in [0.5, 0.6) is 5.75 Å². The van der Waals surface area contributed by atoms with Gasteiger partial charge in [0.2, 0.25) is 0 Å². The Balaban J connectivity index is 2.59. The fourth-order valence-electron chi connectivity index (χ4n) is 2.31. The van der Waals surface area contributed by atoms with E-state index in [1.54, 1.807) is 7.05 Å². The standard InChI is InChI=1S/C18H23BrN4O2S/c1-5-8-25-13-7-6-11(21-18(26)20-4)9-12(13)16-22-15(10(2)3)14(19)17(24)23-16/h6-7,9-10H,5,8H2,1-4H3,(H2,20,21,26)(H,22,23,24). The number of ether oxygens (including phenoxy) is 1. The molecule has 0 aliphatic rings. The fraction of sp³-hybridized carbons (Fsp3) is 0.389. The van der Waals surface area contributed by atoms with Gasteiger partial charge < -0.3 is 20.4 Å². The molecule has 1 aromatic carbocycles. The zero-order chi connectivity index (χ0) is 19.3. The van der Waals surface area contributed by atoms with Crippen LogP contribution in [0.2, 0.25) is 0 Å². The molecule has 0 aliphatic carbocycles. The first-order valence-corrected chi connectivity index (χ1v) is 9.63. The minimum Gasteiger partial charge on any atom is -0.493 e. The van der Waals surface area contributed by atoms with Crippen LogP contribution in [0.3, 0.4) is 0 Å². The first-order chi connectivity index (χ1) is 12.4. The predicted molar refractivity (Wildman–Crippen MR) is 113 cm³/mol. The molecule has 0 radical (unpaired) electrons. The zero-order valence-electron chi connectivity index (χ0n) is 15.3. The van der Waals surface area contributed by atoms with E-state index < -0.39 is 0 Å². The molecule has 0 bridgehead atoms. The van der Waals surface area contributed by atoms with Crippen molar-refractivity contribution in [3.05, 3.63) is 38.7 Å². The number of aromatic nitrogens is 2. The van der Waals surface area contributed by atoms with Gasteiger partial charge in [0.05, 0.1) is 17.9 Å². The van der Waals surface area contributed by atoms with Crippen molar-refractivity contribution in [1.29, 1.82) is 0 Å². The Morgan fingerprint density at radius 1 is 1.42 bits per heavy atom. The van der Waals surface area contributed by atoms with Crippen LogP contribution >= 0.6 is 28.1 Å². The summed E-state index contributed by atoms with van der Waals surface area (Å²) in [5.41, 5.74) is 1.97. The Kier molecular flexibility index (Phi) is 7.16. The van der Waals surface area contributed by atoms with E-state index >= 15 is 0 Å². The van der Waals surface area contributed by atoms with Crippen LogP contribution in [0.25, 0.3) is 11.4 Å². The quantitative estimate of drug-likeness (QED) is 0.590. The van der Waals surface area contributed by atoms with Gasteiger partial charge in [-0.25, -0.2) is 4.98 Å². The molecule has 1 aromatic heterocycles. The Hall–Kier alpha value is -1.93. The fourth-order valence-corrected chi connectivity index (χ4v) is 3.07. The second-order valence-corrected chi connectivity index (χ2v) is 7.23. The highest BCUT2D eigenvalue weighted by Crippen LogP contribution is 2.32. The van der Waals surface area contributed by atoms with Crippen molar-refractivity contribution in [2.75, 3.05) is 19.0 Å². The van der Waals surface area contributed by atoms with Crippen molar-refractivity contribution >= 4 is 38.9 Å². The summed E-state index contributed by atoms with van der Waals surface area (Å²) in [6.45, 7) is 6.60. The monoisotopic (exact) mass is 438 g/mol. The molecule has 2 aromatic rings. The number of benzene rings is 1. The predicted octanol–water partition coefficient (Wildman–Crippen LogP) is 4.03. The number of halogens is 1. The van der Waals surface area contributed by atoms with E-state index in [1.807, 2.05) is 39.0 Å². The van der Waals surface area contributed by atoms with Gasteiger partial charge in [0, 0.05) is 12.7 Å². The molecule has 0 amide bonds. The maximum atomic E-state index is 12.3. The smallest absolute Gasteiger partial charge is 0.265 e. The van der Waals surface area contributed by atoms with Gasteiger partial charge in [-0.15, -0.1) is 0 Å². The van der Waals surface area contributed by atoms with E-state index in [1.165, 1.54) is 0 Å². The van der Waals surface area contributed by atoms with Crippen molar-refractivity contribution in [3.8, 4) is 17.1 Å². The first-order valence-electron chi connectivity index (χ1n) is 8.43. The van der Waals surface area contributed by atoms with Gasteiger partial charge >= 0.3 is 0 Å². The third-order valence-corrected chi connectivity index (χ3v) is 4.69. The SMILES string of the molecule is CCCOc1ccc(NC(=S)NC)cc1-c1nc(C(C)C)c(Br)c(=O)[nH]1. The molecule has 8 heteroatoms. The normalized spacial score (nSPS) is 10.7. The highest BCUT2D eigenvalue weighted by Gasteiger charge is 2.16. The number of nitrogens with zero attached hydrogens (tertiary/aromatic N) is 1. The van der Waals surface area contributed by atoms with Gasteiger partial charge in [-0.05, 0) is 58.7 Å². The Morgan fingerprint density at radius 3 is 2.77 bits per heavy atom. The lowest BCUT2D eigenvalue weighted by Gasteiger charge is -2.15. The Morgan fingerprint density at radius 2 is 2.15 bits per heavy atom. The summed E-state index contributed by atoms with van der Waals surface area (Å²) >= 11 is 8.49.